The monoisotopic (exact) mass is 305 g/mol. The zero-order chi connectivity index (χ0) is 15.6. The van der Waals surface area contributed by atoms with E-state index in [0.29, 0.717) is 12.1 Å². The summed E-state index contributed by atoms with van der Waals surface area (Å²) in [7, 11) is 0. The summed E-state index contributed by atoms with van der Waals surface area (Å²) in [5.41, 5.74) is -1.50. The maximum absolute atomic E-state index is 13.4. The molecule has 21 heavy (non-hydrogen) atoms. The van der Waals surface area contributed by atoms with E-state index < -0.39 is 29.2 Å². The van der Waals surface area contributed by atoms with E-state index in [1.807, 2.05) is 0 Å². The van der Waals surface area contributed by atoms with Crippen LogP contribution in [0.1, 0.15) is 11.1 Å². The molecular formula is C14H9F6N. The van der Waals surface area contributed by atoms with Crippen LogP contribution in [0, 0.1) is 17.5 Å². The predicted molar refractivity (Wildman–Crippen MR) is 65.1 cm³/mol. The van der Waals surface area contributed by atoms with Gasteiger partial charge in [0.1, 0.15) is 5.82 Å². The Labute approximate surface area is 116 Å². The van der Waals surface area contributed by atoms with Crippen molar-refractivity contribution < 1.29 is 26.3 Å². The minimum Gasteiger partial charge on any atom is -0.379 e. The quantitative estimate of drug-likeness (QED) is 0.808. The summed E-state index contributed by atoms with van der Waals surface area (Å²) in [6.45, 7) is -0.205. The summed E-state index contributed by atoms with van der Waals surface area (Å²) in [6, 6.07) is 5.86. The number of rotatable bonds is 3. The highest BCUT2D eigenvalue weighted by Gasteiger charge is 2.34. The fourth-order valence-corrected chi connectivity index (χ4v) is 1.74. The molecule has 0 spiro atoms. The van der Waals surface area contributed by atoms with Crippen molar-refractivity contribution in [2.45, 2.75) is 12.7 Å². The van der Waals surface area contributed by atoms with Crippen molar-refractivity contribution in [2.24, 2.45) is 0 Å². The van der Waals surface area contributed by atoms with Crippen molar-refractivity contribution in [1.82, 2.24) is 0 Å². The van der Waals surface area contributed by atoms with Crippen LogP contribution in [0.5, 0.6) is 0 Å². The maximum Gasteiger partial charge on any atom is 0.419 e. The molecule has 2 aromatic rings. The first-order chi connectivity index (χ1) is 9.79. The molecule has 0 unspecified atom stereocenters. The summed E-state index contributed by atoms with van der Waals surface area (Å²) in [6.07, 6.45) is -4.82. The zero-order valence-corrected chi connectivity index (χ0v) is 10.4. The van der Waals surface area contributed by atoms with Gasteiger partial charge in [0.15, 0.2) is 11.6 Å². The van der Waals surface area contributed by atoms with Crippen molar-refractivity contribution in [3.05, 3.63) is 65.0 Å². The predicted octanol–water partition coefficient (Wildman–Crippen LogP) is 4.73. The highest BCUT2D eigenvalue weighted by Crippen LogP contribution is 2.32. The Morgan fingerprint density at radius 2 is 1.62 bits per heavy atom. The minimum atomic E-state index is -4.82. The van der Waals surface area contributed by atoms with Gasteiger partial charge in [-0.15, -0.1) is 0 Å². The van der Waals surface area contributed by atoms with E-state index in [0.717, 1.165) is 12.1 Å². The lowest BCUT2D eigenvalue weighted by atomic mass is 10.1. The van der Waals surface area contributed by atoms with Crippen LogP contribution in [0.2, 0.25) is 0 Å². The average molecular weight is 305 g/mol. The largest absolute Gasteiger partial charge is 0.419 e. The minimum absolute atomic E-state index is 0.0902. The van der Waals surface area contributed by atoms with E-state index in [2.05, 4.69) is 5.32 Å². The smallest absolute Gasteiger partial charge is 0.379 e. The van der Waals surface area contributed by atoms with E-state index in [-0.39, 0.29) is 17.8 Å². The van der Waals surface area contributed by atoms with Gasteiger partial charge < -0.3 is 5.32 Å². The van der Waals surface area contributed by atoms with Crippen LogP contribution < -0.4 is 5.32 Å². The topological polar surface area (TPSA) is 12.0 Å². The van der Waals surface area contributed by atoms with Gasteiger partial charge in [-0.1, -0.05) is 12.1 Å². The molecule has 0 aliphatic rings. The van der Waals surface area contributed by atoms with Crippen LogP contribution in [-0.2, 0) is 12.7 Å². The van der Waals surface area contributed by atoms with Crippen molar-refractivity contribution in [2.75, 3.05) is 5.32 Å². The van der Waals surface area contributed by atoms with Gasteiger partial charge in [0.05, 0.1) is 11.3 Å². The molecule has 2 aromatic carbocycles. The van der Waals surface area contributed by atoms with Gasteiger partial charge in [-0.2, -0.15) is 13.2 Å². The summed E-state index contributed by atoms with van der Waals surface area (Å²) in [4.78, 5) is 0. The standard InChI is InChI=1S/C14H9F6N/c15-10-5-4-8(6-9(10)14(18,19)20)7-21-12-3-1-2-11(16)13(12)17/h1-6,21H,7H2. The number of anilines is 1. The SMILES string of the molecule is Fc1ccc(CNc2cccc(F)c2F)cc1C(F)(F)F. The first-order valence-electron chi connectivity index (χ1n) is 5.82. The average Bonchev–Trinajstić information content (AvgIpc) is 2.40. The van der Waals surface area contributed by atoms with Gasteiger partial charge in [0.25, 0.3) is 0 Å². The van der Waals surface area contributed by atoms with Crippen molar-refractivity contribution in [3.63, 3.8) is 0 Å². The lowest BCUT2D eigenvalue weighted by Gasteiger charge is -2.12. The molecule has 2 rings (SSSR count). The van der Waals surface area contributed by atoms with Crippen LogP contribution in [0.4, 0.5) is 32.0 Å². The zero-order valence-electron chi connectivity index (χ0n) is 10.4. The molecule has 0 amide bonds. The molecule has 0 radical (unpaired) electrons. The number of alkyl halides is 3. The van der Waals surface area contributed by atoms with E-state index in [1.165, 1.54) is 12.1 Å². The number of hydrogen-bond acceptors (Lipinski definition) is 1. The molecular weight excluding hydrogens is 296 g/mol. The second kappa shape index (κ2) is 5.67. The van der Waals surface area contributed by atoms with Crippen molar-refractivity contribution in [3.8, 4) is 0 Å². The Morgan fingerprint density at radius 1 is 0.905 bits per heavy atom. The highest BCUT2D eigenvalue weighted by atomic mass is 19.4. The van der Waals surface area contributed by atoms with Gasteiger partial charge in [0.2, 0.25) is 0 Å². The third kappa shape index (κ3) is 3.48. The van der Waals surface area contributed by atoms with E-state index in [4.69, 9.17) is 0 Å². The number of halogens is 6. The summed E-state index contributed by atoms with van der Waals surface area (Å²) in [5, 5.41) is 2.46. The van der Waals surface area contributed by atoms with Gasteiger partial charge in [-0.05, 0) is 29.8 Å². The molecule has 7 heteroatoms. The Kier molecular flexibility index (Phi) is 4.11. The Bertz CT molecular complexity index is 650. The van der Waals surface area contributed by atoms with Crippen LogP contribution in [0.15, 0.2) is 36.4 Å². The molecule has 1 nitrogen and oxygen atoms in total. The molecule has 0 aromatic heterocycles. The molecule has 112 valence electrons. The van der Waals surface area contributed by atoms with E-state index in [9.17, 15) is 26.3 Å². The van der Waals surface area contributed by atoms with Crippen LogP contribution >= 0.6 is 0 Å². The highest BCUT2D eigenvalue weighted by molar-refractivity contribution is 5.45. The van der Waals surface area contributed by atoms with Gasteiger partial charge >= 0.3 is 6.18 Å². The number of benzene rings is 2. The molecule has 0 saturated heterocycles. The second-order valence-corrected chi connectivity index (χ2v) is 4.27. The second-order valence-electron chi connectivity index (χ2n) is 4.27. The van der Waals surface area contributed by atoms with E-state index in [1.54, 1.807) is 0 Å². The van der Waals surface area contributed by atoms with Crippen LogP contribution in [0.25, 0.3) is 0 Å². The fourth-order valence-electron chi connectivity index (χ4n) is 1.74. The lowest BCUT2D eigenvalue weighted by molar-refractivity contribution is -0.140. The first kappa shape index (κ1) is 15.2. The van der Waals surface area contributed by atoms with Crippen molar-refractivity contribution >= 4 is 5.69 Å². The Morgan fingerprint density at radius 3 is 2.29 bits per heavy atom. The lowest BCUT2D eigenvalue weighted by Crippen LogP contribution is -2.10. The summed E-state index contributed by atoms with van der Waals surface area (Å²) >= 11 is 0. The first-order valence-corrected chi connectivity index (χ1v) is 5.82. The third-order valence-corrected chi connectivity index (χ3v) is 2.77. The molecule has 0 saturated carbocycles. The molecule has 0 fully saturated rings. The van der Waals surface area contributed by atoms with Gasteiger partial charge in [-0.3, -0.25) is 0 Å². The molecule has 1 N–H and O–H groups in total. The molecule has 0 aliphatic heterocycles. The fraction of sp³-hybridized carbons (Fsp3) is 0.143. The van der Waals surface area contributed by atoms with E-state index >= 15 is 0 Å². The van der Waals surface area contributed by atoms with Crippen molar-refractivity contribution in [1.29, 1.82) is 0 Å². The number of hydrogen-bond donors (Lipinski definition) is 1. The Hall–Kier alpha value is -2.18. The summed E-state index contributed by atoms with van der Waals surface area (Å²) < 4.78 is 77.0. The molecule has 0 aliphatic carbocycles. The third-order valence-electron chi connectivity index (χ3n) is 2.77. The number of nitrogens with one attached hydrogen (secondary N) is 1. The maximum atomic E-state index is 13.4. The Balaban J connectivity index is 2.19. The van der Waals surface area contributed by atoms with Gasteiger partial charge in [0, 0.05) is 6.54 Å². The van der Waals surface area contributed by atoms with Crippen LogP contribution in [-0.4, -0.2) is 0 Å². The molecule has 0 atom stereocenters. The summed E-state index contributed by atoms with van der Waals surface area (Å²) in [5.74, 6) is -3.59. The normalized spacial score (nSPS) is 11.5. The van der Waals surface area contributed by atoms with Gasteiger partial charge in [-0.25, -0.2) is 13.2 Å². The molecule has 0 bridgehead atoms. The molecule has 0 heterocycles. The van der Waals surface area contributed by atoms with Crippen LogP contribution in [0.3, 0.4) is 0 Å².